The molecule has 1 aliphatic rings. The molecule has 0 saturated carbocycles. The average Bonchev–Trinajstić information content (AvgIpc) is 2.65. The molecular weight excluding hydrogens is 369 g/mol. The first-order valence-electron chi connectivity index (χ1n) is 4.25. The van der Waals surface area contributed by atoms with E-state index in [0.717, 1.165) is 5.69 Å². The van der Waals surface area contributed by atoms with Crippen molar-refractivity contribution in [2.24, 2.45) is 0 Å². The predicted molar refractivity (Wildman–Crippen MR) is 53.7 cm³/mol. The van der Waals surface area contributed by atoms with Crippen LogP contribution in [0.1, 0.15) is 5.56 Å². The first-order valence-corrected chi connectivity index (χ1v) is 4.25. The van der Waals surface area contributed by atoms with E-state index in [1.165, 1.54) is 0 Å². The topological polar surface area (TPSA) is 30.3 Å². The van der Waals surface area contributed by atoms with Crippen LogP contribution < -0.4 is 4.90 Å². The van der Waals surface area contributed by atoms with Gasteiger partial charge in [0.15, 0.2) is 0 Å². The van der Waals surface area contributed by atoms with Gasteiger partial charge in [-0.25, -0.2) is 5.26 Å². The normalized spacial score (nSPS) is 13.6. The SMILES string of the molecule is CN1C=CN(c2[c-]cc(C#N)cc2)[CH-]1.[Pt+2]. The predicted octanol–water partition coefficient (Wildman–Crippen LogP) is 1.70. The van der Waals surface area contributed by atoms with Gasteiger partial charge in [0.2, 0.25) is 0 Å². The van der Waals surface area contributed by atoms with Crippen LogP contribution in [-0.2, 0) is 21.1 Å². The van der Waals surface area contributed by atoms with Gasteiger partial charge in [0.25, 0.3) is 0 Å². The molecule has 1 heterocycles. The second kappa shape index (κ2) is 5.00. The quantitative estimate of drug-likeness (QED) is 0.697. The fourth-order valence-electron chi connectivity index (χ4n) is 1.24. The van der Waals surface area contributed by atoms with E-state index in [1.54, 1.807) is 12.1 Å². The molecule has 0 amide bonds. The molecule has 0 radical (unpaired) electrons. The van der Waals surface area contributed by atoms with E-state index in [-0.39, 0.29) is 21.1 Å². The Bertz CT molecular complexity index is 391. The number of nitriles is 1. The van der Waals surface area contributed by atoms with Crippen LogP contribution in [0.2, 0.25) is 0 Å². The van der Waals surface area contributed by atoms with E-state index in [2.05, 4.69) is 12.1 Å². The zero-order valence-electron chi connectivity index (χ0n) is 8.12. The smallest absolute Gasteiger partial charge is 0.510 e. The molecule has 0 fully saturated rings. The molecule has 0 aliphatic carbocycles. The van der Waals surface area contributed by atoms with Gasteiger partial charge in [0.05, 0.1) is 0 Å². The van der Waals surface area contributed by atoms with Crippen molar-refractivity contribution in [1.82, 2.24) is 4.90 Å². The van der Waals surface area contributed by atoms with Crippen LogP contribution in [0.4, 0.5) is 5.69 Å². The van der Waals surface area contributed by atoms with Crippen molar-refractivity contribution in [2.75, 3.05) is 11.9 Å². The Balaban J connectivity index is 0.00000112. The zero-order chi connectivity index (χ0) is 9.97. The summed E-state index contributed by atoms with van der Waals surface area (Å²) in [5.74, 6) is 0. The molecule has 78 valence electrons. The third-order valence-corrected chi connectivity index (χ3v) is 1.97. The Morgan fingerprint density at radius 2 is 2.20 bits per heavy atom. The maximum atomic E-state index is 8.62. The van der Waals surface area contributed by atoms with Crippen LogP contribution in [0.25, 0.3) is 0 Å². The summed E-state index contributed by atoms with van der Waals surface area (Å²) in [6.07, 6.45) is 3.89. The minimum absolute atomic E-state index is 0. The standard InChI is InChI=1S/C11H9N3.Pt/c1-13-6-7-14(9-13)11-4-2-10(8-12)3-5-11;/h2-4,6-7,9H,1H3;/q-2;+2. The number of anilines is 1. The van der Waals surface area contributed by atoms with Crippen molar-refractivity contribution < 1.29 is 21.1 Å². The second-order valence-corrected chi connectivity index (χ2v) is 3.06. The fourth-order valence-corrected chi connectivity index (χ4v) is 1.24. The van der Waals surface area contributed by atoms with Crippen molar-refractivity contribution in [3.63, 3.8) is 0 Å². The monoisotopic (exact) mass is 378 g/mol. The van der Waals surface area contributed by atoms with Gasteiger partial charge in [-0.05, 0) is 19.4 Å². The molecule has 3 nitrogen and oxygen atoms in total. The first kappa shape index (κ1) is 11.8. The maximum Gasteiger partial charge on any atom is 2.00 e. The van der Waals surface area contributed by atoms with Crippen LogP contribution in [0.3, 0.4) is 0 Å². The Hall–Kier alpha value is -1.26. The third-order valence-electron chi connectivity index (χ3n) is 1.97. The number of rotatable bonds is 1. The van der Waals surface area contributed by atoms with Crippen molar-refractivity contribution in [2.45, 2.75) is 0 Å². The van der Waals surface area contributed by atoms with Gasteiger partial charge in [-0.15, -0.1) is 11.8 Å². The summed E-state index contributed by atoms with van der Waals surface area (Å²) in [4.78, 5) is 3.90. The van der Waals surface area contributed by atoms with Crippen molar-refractivity contribution in [1.29, 1.82) is 5.26 Å². The molecule has 0 N–H and O–H groups in total. The average molecular weight is 378 g/mol. The molecule has 0 atom stereocenters. The molecule has 1 aromatic carbocycles. The van der Waals surface area contributed by atoms with Gasteiger partial charge in [-0.3, -0.25) is 0 Å². The second-order valence-electron chi connectivity index (χ2n) is 3.06. The molecule has 1 aromatic rings. The van der Waals surface area contributed by atoms with E-state index in [1.807, 2.05) is 42.0 Å². The zero-order valence-corrected chi connectivity index (χ0v) is 10.4. The van der Waals surface area contributed by atoms with Crippen LogP contribution >= 0.6 is 0 Å². The number of hydrogen-bond acceptors (Lipinski definition) is 3. The Morgan fingerprint density at radius 3 is 2.67 bits per heavy atom. The van der Waals surface area contributed by atoms with Gasteiger partial charge in [-0.1, -0.05) is 5.56 Å². The first-order chi connectivity index (χ1) is 6.79. The van der Waals surface area contributed by atoms with Crippen LogP contribution in [-0.4, -0.2) is 11.9 Å². The van der Waals surface area contributed by atoms with E-state index in [4.69, 9.17) is 5.26 Å². The summed E-state index contributed by atoms with van der Waals surface area (Å²) >= 11 is 0. The molecule has 0 spiro atoms. The van der Waals surface area contributed by atoms with Crippen molar-refractivity contribution >= 4 is 5.69 Å². The van der Waals surface area contributed by atoms with E-state index < -0.39 is 0 Å². The van der Waals surface area contributed by atoms with Crippen LogP contribution in [0.5, 0.6) is 0 Å². The summed E-state index contributed by atoms with van der Waals surface area (Å²) in [5.41, 5.74) is 1.56. The summed E-state index contributed by atoms with van der Waals surface area (Å²) in [6, 6.07) is 10.5. The van der Waals surface area contributed by atoms with Crippen LogP contribution in [0, 0.1) is 24.1 Å². The van der Waals surface area contributed by atoms with Crippen LogP contribution in [0.15, 0.2) is 30.6 Å². The number of nitrogens with zero attached hydrogens (tertiary/aromatic N) is 3. The molecule has 0 unspecified atom stereocenters. The number of benzene rings is 1. The third kappa shape index (κ3) is 2.61. The van der Waals surface area contributed by atoms with Gasteiger partial charge < -0.3 is 9.80 Å². The van der Waals surface area contributed by atoms with Gasteiger partial charge in [0, 0.05) is 6.07 Å². The Labute approximate surface area is 104 Å². The summed E-state index contributed by atoms with van der Waals surface area (Å²) in [6.45, 7) is 1.94. The van der Waals surface area contributed by atoms with E-state index in [9.17, 15) is 0 Å². The molecule has 2 rings (SSSR count). The molecule has 0 saturated heterocycles. The Morgan fingerprint density at radius 1 is 1.40 bits per heavy atom. The van der Waals surface area contributed by atoms with Crippen molar-refractivity contribution in [3.8, 4) is 6.07 Å². The van der Waals surface area contributed by atoms with E-state index in [0.29, 0.717) is 5.56 Å². The molecule has 0 bridgehead atoms. The fraction of sp³-hybridized carbons (Fsp3) is 0.0909. The number of hydrogen-bond donors (Lipinski definition) is 0. The molecule has 15 heavy (non-hydrogen) atoms. The minimum atomic E-state index is 0. The summed E-state index contributed by atoms with van der Waals surface area (Å²) in [5, 5.41) is 8.62. The minimum Gasteiger partial charge on any atom is -0.510 e. The van der Waals surface area contributed by atoms with Gasteiger partial charge >= 0.3 is 21.1 Å². The molecular formula is C11H9N3Pt. The maximum absolute atomic E-state index is 8.62. The summed E-state index contributed by atoms with van der Waals surface area (Å²) in [7, 11) is 1.96. The van der Waals surface area contributed by atoms with Crippen molar-refractivity contribution in [3.05, 3.63) is 48.9 Å². The summed E-state index contributed by atoms with van der Waals surface area (Å²) < 4.78 is 0. The molecule has 0 aromatic heterocycles. The van der Waals surface area contributed by atoms with E-state index >= 15 is 0 Å². The molecule has 4 heteroatoms. The largest absolute Gasteiger partial charge is 2.00 e. The molecule has 1 aliphatic heterocycles. The van der Waals surface area contributed by atoms with Gasteiger partial charge in [0.1, 0.15) is 0 Å². The Kier molecular flexibility index (Phi) is 3.94. The van der Waals surface area contributed by atoms with Gasteiger partial charge in [-0.2, -0.15) is 24.9 Å².